The van der Waals surface area contributed by atoms with Crippen LogP contribution in [0.3, 0.4) is 0 Å². The molecular weight excluding hydrogens is 432 g/mol. The zero-order valence-electron chi connectivity index (χ0n) is 18.3. The molecule has 0 fully saturated rings. The number of aryl methyl sites for hydroxylation is 2. The maximum Gasteiger partial charge on any atom is 0.341 e. The van der Waals surface area contributed by atoms with E-state index in [-0.39, 0.29) is 17.7 Å². The Kier molecular flexibility index (Phi) is 7.50. The standard InChI is InChI=1S/C22H26N4O3S2/c1-6-16-24-25-22(26(16)13(2)3)30-12-17(27)23-20-19(21(28)29-5)18(14(4)31-20)15-10-8-7-9-11-15/h7-11,13H,6,12H2,1-5H3,(H,23,27). The van der Waals surface area contributed by atoms with Crippen LogP contribution in [0.4, 0.5) is 5.00 Å². The van der Waals surface area contributed by atoms with E-state index in [9.17, 15) is 9.59 Å². The Hall–Kier alpha value is -2.65. The number of thiophene rings is 1. The summed E-state index contributed by atoms with van der Waals surface area (Å²) in [7, 11) is 1.34. The van der Waals surface area contributed by atoms with Crippen LogP contribution in [0.25, 0.3) is 11.1 Å². The maximum atomic E-state index is 12.7. The number of carbonyl (C=O) groups is 2. The normalized spacial score (nSPS) is 11.0. The van der Waals surface area contributed by atoms with Crippen LogP contribution in [0.1, 0.15) is 47.9 Å². The SMILES string of the molecule is CCc1nnc(SCC(=O)Nc2sc(C)c(-c3ccccc3)c2C(=O)OC)n1C(C)C. The number of methoxy groups -OCH3 is 1. The number of nitrogens with one attached hydrogen (secondary N) is 1. The van der Waals surface area contributed by atoms with Crippen molar-refractivity contribution in [3.8, 4) is 11.1 Å². The van der Waals surface area contributed by atoms with E-state index in [1.807, 2.05) is 48.7 Å². The third-order valence-corrected chi connectivity index (χ3v) is 6.65. The van der Waals surface area contributed by atoms with Gasteiger partial charge < -0.3 is 14.6 Å². The summed E-state index contributed by atoms with van der Waals surface area (Å²) in [5.74, 6) is 0.366. The number of rotatable bonds is 8. The minimum atomic E-state index is -0.474. The Balaban J connectivity index is 1.82. The molecule has 2 aromatic heterocycles. The molecule has 1 aromatic carbocycles. The summed E-state index contributed by atoms with van der Waals surface area (Å²) < 4.78 is 7.05. The van der Waals surface area contributed by atoms with Crippen molar-refractivity contribution < 1.29 is 14.3 Å². The maximum absolute atomic E-state index is 12.7. The van der Waals surface area contributed by atoms with E-state index in [0.717, 1.165) is 28.2 Å². The minimum Gasteiger partial charge on any atom is -0.465 e. The first-order chi connectivity index (χ1) is 14.9. The van der Waals surface area contributed by atoms with Crippen LogP contribution in [0, 0.1) is 6.92 Å². The van der Waals surface area contributed by atoms with Crippen molar-refractivity contribution in [2.45, 2.75) is 45.3 Å². The quantitative estimate of drug-likeness (QED) is 0.379. The summed E-state index contributed by atoms with van der Waals surface area (Å²) in [6, 6.07) is 9.83. The van der Waals surface area contributed by atoms with Gasteiger partial charge in [-0.3, -0.25) is 4.79 Å². The third kappa shape index (κ3) is 4.99. The van der Waals surface area contributed by atoms with Gasteiger partial charge in [0.05, 0.1) is 12.9 Å². The highest BCUT2D eigenvalue weighted by atomic mass is 32.2. The molecule has 7 nitrogen and oxygen atoms in total. The molecule has 9 heteroatoms. The molecule has 0 unspecified atom stereocenters. The van der Waals surface area contributed by atoms with Crippen molar-refractivity contribution in [2.24, 2.45) is 0 Å². The van der Waals surface area contributed by atoms with Gasteiger partial charge in [0.2, 0.25) is 5.91 Å². The van der Waals surface area contributed by atoms with Crippen molar-refractivity contribution >= 4 is 40.0 Å². The van der Waals surface area contributed by atoms with E-state index in [1.165, 1.54) is 30.2 Å². The number of carbonyl (C=O) groups excluding carboxylic acids is 2. The molecule has 0 atom stereocenters. The molecule has 0 saturated heterocycles. The minimum absolute atomic E-state index is 0.160. The Morgan fingerprint density at radius 3 is 2.55 bits per heavy atom. The Labute approximate surface area is 190 Å². The summed E-state index contributed by atoms with van der Waals surface area (Å²) in [6.07, 6.45) is 0.775. The Bertz CT molecular complexity index is 1070. The van der Waals surface area contributed by atoms with Crippen LogP contribution in [-0.4, -0.2) is 39.5 Å². The van der Waals surface area contributed by atoms with Gasteiger partial charge in [-0.2, -0.15) is 0 Å². The molecule has 0 saturated carbocycles. The molecule has 31 heavy (non-hydrogen) atoms. The molecule has 0 spiro atoms. The van der Waals surface area contributed by atoms with Gasteiger partial charge in [0.15, 0.2) is 5.16 Å². The molecule has 0 radical (unpaired) electrons. The molecule has 3 aromatic rings. The van der Waals surface area contributed by atoms with Crippen molar-refractivity contribution in [1.82, 2.24) is 14.8 Å². The van der Waals surface area contributed by atoms with E-state index in [1.54, 1.807) is 0 Å². The second-order valence-electron chi connectivity index (χ2n) is 7.15. The summed E-state index contributed by atoms with van der Waals surface area (Å²) >= 11 is 2.70. The first-order valence-electron chi connectivity index (χ1n) is 10.0. The average Bonchev–Trinajstić information content (AvgIpc) is 3.32. The fraction of sp³-hybridized carbons (Fsp3) is 0.364. The fourth-order valence-corrected chi connectivity index (χ4v) is 5.31. The summed E-state index contributed by atoms with van der Waals surface area (Å²) in [4.78, 5) is 26.2. The number of hydrogen-bond acceptors (Lipinski definition) is 7. The van der Waals surface area contributed by atoms with E-state index in [0.29, 0.717) is 15.7 Å². The summed E-state index contributed by atoms with van der Waals surface area (Å²) in [5.41, 5.74) is 2.07. The van der Waals surface area contributed by atoms with Gasteiger partial charge in [-0.05, 0) is 26.3 Å². The van der Waals surface area contributed by atoms with Crippen LogP contribution >= 0.6 is 23.1 Å². The number of thioether (sulfide) groups is 1. The van der Waals surface area contributed by atoms with Crippen LogP contribution in [-0.2, 0) is 16.0 Å². The highest BCUT2D eigenvalue weighted by Crippen LogP contribution is 2.40. The van der Waals surface area contributed by atoms with Crippen molar-refractivity contribution in [2.75, 3.05) is 18.2 Å². The molecule has 0 aliphatic rings. The van der Waals surface area contributed by atoms with E-state index in [4.69, 9.17) is 4.74 Å². The lowest BCUT2D eigenvalue weighted by Gasteiger charge is -2.12. The summed E-state index contributed by atoms with van der Waals surface area (Å²) in [5, 5.41) is 12.5. The first-order valence-corrected chi connectivity index (χ1v) is 11.8. The number of anilines is 1. The van der Waals surface area contributed by atoms with Crippen LogP contribution in [0.2, 0.25) is 0 Å². The predicted molar refractivity (Wildman–Crippen MR) is 125 cm³/mol. The Morgan fingerprint density at radius 2 is 1.94 bits per heavy atom. The molecule has 0 bridgehead atoms. The highest BCUT2D eigenvalue weighted by molar-refractivity contribution is 7.99. The van der Waals surface area contributed by atoms with Crippen LogP contribution in [0.15, 0.2) is 35.5 Å². The number of aromatic nitrogens is 3. The largest absolute Gasteiger partial charge is 0.465 e. The lowest BCUT2D eigenvalue weighted by molar-refractivity contribution is -0.113. The first kappa shape index (κ1) is 23.0. The highest BCUT2D eigenvalue weighted by Gasteiger charge is 2.25. The van der Waals surface area contributed by atoms with Gasteiger partial charge in [0.1, 0.15) is 16.4 Å². The van der Waals surface area contributed by atoms with Gasteiger partial charge in [-0.15, -0.1) is 21.5 Å². The van der Waals surface area contributed by atoms with Gasteiger partial charge in [-0.25, -0.2) is 4.79 Å². The van der Waals surface area contributed by atoms with E-state index < -0.39 is 5.97 Å². The van der Waals surface area contributed by atoms with Gasteiger partial charge in [-0.1, -0.05) is 49.0 Å². The number of ether oxygens (including phenoxy) is 1. The Morgan fingerprint density at radius 1 is 1.23 bits per heavy atom. The van der Waals surface area contributed by atoms with Crippen molar-refractivity contribution in [1.29, 1.82) is 0 Å². The van der Waals surface area contributed by atoms with Gasteiger partial charge >= 0.3 is 5.97 Å². The molecule has 0 aliphatic heterocycles. The van der Waals surface area contributed by atoms with Crippen LogP contribution in [0.5, 0.6) is 0 Å². The lowest BCUT2D eigenvalue weighted by atomic mass is 10.0. The number of benzene rings is 1. The summed E-state index contributed by atoms with van der Waals surface area (Å²) in [6.45, 7) is 8.09. The zero-order chi connectivity index (χ0) is 22.5. The molecule has 3 rings (SSSR count). The second kappa shape index (κ2) is 10.1. The number of hydrogen-bond donors (Lipinski definition) is 1. The smallest absolute Gasteiger partial charge is 0.341 e. The fourth-order valence-electron chi connectivity index (χ4n) is 3.34. The van der Waals surface area contributed by atoms with E-state index in [2.05, 4.69) is 29.4 Å². The number of esters is 1. The molecule has 0 aliphatic carbocycles. The third-order valence-electron chi connectivity index (χ3n) is 4.69. The van der Waals surface area contributed by atoms with Gasteiger partial charge in [0, 0.05) is 22.9 Å². The number of nitrogens with zero attached hydrogens (tertiary/aromatic N) is 3. The molecular formula is C22H26N4O3S2. The molecule has 1 N–H and O–H groups in total. The molecule has 1 amide bonds. The van der Waals surface area contributed by atoms with Crippen LogP contribution < -0.4 is 5.32 Å². The lowest BCUT2D eigenvalue weighted by Crippen LogP contribution is -2.16. The monoisotopic (exact) mass is 458 g/mol. The molecule has 164 valence electrons. The average molecular weight is 459 g/mol. The van der Waals surface area contributed by atoms with Crippen molar-refractivity contribution in [3.05, 3.63) is 46.6 Å². The second-order valence-corrected chi connectivity index (χ2v) is 9.32. The van der Waals surface area contributed by atoms with E-state index >= 15 is 0 Å². The van der Waals surface area contributed by atoms with Crippen molar-refractivity contribution in [3.63, 3.8) is 0 Å². The molecule has 2 heterocycles. The predicted octanol–water partition coefficient (Wildman–Crippen LogP) is 4.98. The number of amides is 1. The topological polar surface area (TPSA) is 86.1 Å². The zero-order valence-corrected chi connectivity index (χ0v) is 19.9. The van der Waals surface area contributed by atoms with Gasteiger partial charge in [0.25, 0.3) is 0 Å².